The van der Waals surface area contributed by atoms with Gasteiger partial charge in [0.25, 0.3) is 0 Å². The van der Waals surface area contributed by atoms with E-state index >= 15 is 0 Å². The summed E-state index contributed by atoms with van der Waals surface area (Å²) in [6, 6.07) is 0. The summed E-state index contributed by atoms with van der Waals surface area (Å²) >= 11 is 4.80. The first-order valence-electron chi connectivity index (χ1n) is 7.05. The minimum absolute atomic E-state index is 0.00320. The predicted molar refractivity (Wildman–Crippen MR) is 79.9 cm³/mol. The molecule has 21 heavy (non-hydrogen) atoms. The van der Waals surface area contributed by atoms with E-state index in [0.29, 0.717) is 6.54 Å². The van der Waals surface area contributed by atoms with Crippen molar-refractivity contribution in [2.45, 2.75) is 56.8 Å². The summed E-state index contributed by atoms with van der Waals surface area (Å²) in [6.45, 7) is 2.06. The van der Waals surface area contributed by atoms with E-state index in [9.17, 15) is 20.4 Å². The number of nitrogens with two attached hydrogens (primary N) is 1. The van der Waals surface area contributed by atoms with Gasteiger partial charge in [0.05, 0.1) is 6.61 Å². The van der Waals surface area contributed by atoms with Crippen molar-refractivity contribution in [3.63, 3.8) is 0 Å². The number of hydrazine groups is 1. The predicted octanol–water partition coefficient (Wildman–Crippen LogP) is -1.97. The van der Waals surface area contributed by atoms with Crippen molar-refractivity contribution >= 4 is 17.3 Å². The molecule has 1 rings (SSSR count). The van der Waals surface area contributed by atoms with Crippen molar-refractivity contribution in [3.05, 3.63) is 0 Å². The Morgan fingerprint density at radius 2 is 1.90 bits per heavy atom. The van der Waals surface area contributed by atoms with E-state index in [4.69, 9.17) is 22.7 Å². The topological polar surface area (TPSA) is 131 Å². The zero-order valence-electron chi connectivity index (χ0n) is 12.1. The van der Waals surface area contributed by atoms with Gasteiger partial charge in [-0.25, -0.2) is 0 Å². The number of nitrogens with one attached hydrogen (secondary N) is 1. The third-order valence-corrected chi connectivity index (χ3v) is 3.52. The van der Waals surface area contributed by atoms with E-state index in [2.05, 4.69) is 12.3 Å². The molecule has 0 bridgehead atoms. The highest BCUT2D eigenvalue weighted by Gasteiger charge is 2.45. The van der Waals surface area contributed by atoms with Crippen LogP contribution in [0.4, 0.5) is 0 Å². The van der Waals surface area contributed by atoms with Crippen LogP contribution in [-0.2, 0) is 4.74 Å². The average molecular weight is 323 g/mol. The molecule has 0 aliphatic carbocycles. The molecule has 0 amide bonds. The van der Waals surface area contributed by atoms with Gasteiger partial charge in [-0.15, -0.1) is 0 Å². The van der Waals surface area contributed by atoms with Crippen LogP contribution >= 0.6 is 12.2 Å². The lowest BCUT2D eigenvalue weighted by Gasteiger charge is -2.44. The molecule has 1 aliphatic rings. The zero-order chi connectivity index (χ0) is 16.0. The van der Waals surface area contributed by atoms with E-state index in [-0.39, 0.29) is 5.11 Å². The Morgan fingerprint density at radius 3 is 2.43 bits per heavy atom. The van der Waals surface area contributed by atoms with Gasteiger partial charge in [0.15, 0.2) is 11.3 Å². The molecule has 124 valence electrons. The minimum Gasteiger partial charge on any atom is -0.394 e. The number of unbranched alkanes of at least 4 members (excludes halogenated alkanes) is 2. The van der Waals surface area contributed by atoms with Gasteiger partial charge in [0.1, 0.15) is 24.4 Å². The molecule has 7 N–H and O–H groups in total. The minimum atomic E-state index is -1.43. The summed E-state index contributed by atoms with van der Waals surface area (Å²) in [5.41, 5.74) is 8.16. The molecule has 0 spiro atoms. The SMILES string of the molecule is CCCCCN(NC(N)=S)C1O[C@H](CO)[C@@H](O)[C@H](O)[C@H]1O. The molecule has 0 saturated carbocycles. The largest absolute Gasteiger partial charge is 0.394 e. The van der Waals surface area contributed by atoms with Crippen molar-refractivity contribution < 1.29 is 25.2 Å². The van der Waals surface area contributed by atoms with E-state index in [0.717, 1.165) is 19.3 Å². The van der Waals surface area contributed by atoms with Crippen molar-refractivity contribution in [2.75, 3.05) is 13.2 Å². The molecular weight excluding hydrogens is 298 g/mol. The van der Waals surface area contributed by atoms with Gasteiger partial charge < -0.3 is 30.9 Å². The number of hydrogen-bond acceptors (Lipinski definition) is 7. The third kappa shape index (κ3) is 4.99. The van der Waals surface area contributed by atoms with Gasteiger partial charge in [-0.05, 0) is 18.6 Å². The Morgan fingerprint density at radius 1 is 1.24 bits per heavy atom. The standard InChI is InChI=1S/C12H25N3O5S/c1-2-3-4-5-15(14-12(13)21)11-10(19)9(18)8(17)7(6-16)20-11/h7-11,16-19H,2-6H2,1H3,(H3,13,14,21)/t7-,8-,9+,10-,11?/m1/s1. The Kier molecular flexibility index (Phi) is 7.74. The summed E-state index contributed by atoms with van der Waals surface area (Å²) in [5.74, 6) is 0. The van der Waals surface area contributed by atoms with Gasteiger partial charge in [0, 0.05) is 6.54 Å². The molecule has 0 radical (unpaired) electrons. The van der Waals surface area contributed by atoms with Crippen LogP contribution < -0.4 is 11.2 Å². The van der Waals surface area contributed by atoms with Crippen LogP contribution in [0.1, 0.15) is 26.2 Å². The quantitative estimate of drug-likeness (QED) is 0.179. The van der Waals surface area contributed by atoms with Gasteiger partial charge in [-0.1, -0.05) is 19.8 Å². The van der Waals surface area contributed by atoms with E-state index in [1.54, 1.807) is 0 Å². The highest BCUT2D eigenvalue weighted by atomic mass is 32.1. The Labute approximate surface area is 129 Å². The van der Waals surface area contributed by atoms with Crippen LogP contribution in [0.5, 0.6) is 0 Å². The molecule has 1 heterocycles. The second kappa shape index (κ2) is 8.79. The summed E-state index contributed by atoms with van der Waals surface area (Å²) in [7, 11) is 0. The fraction of sp³-hybridized carbons (Fsp3) is 0.917. The van der Waals surface area contributed by atoms with Gasteiger partial charge in [-0.2, -0.15) is 5.01 Å². The van der Waals surface area contributed by atoms with E-state index in [1.165, 1.54) is 5.01 Å². The number of ether oxygens (including phenoxy) is 1. The van der Waals surface area contributed by atoms with Crippen LogP contribution in [0.2, 0.25) is 0 Å². The average Bonchev–Trinajstić information content (AvgIpc) is 2.44. The maximum Gasteiger partial charge on any atom is 0.178 e. The highest BCUT2D eigenvalue weighted by molar-refractivity contribution is 7.80. The van der Waals surface area contributed by atoms with Gasteiger partial charge in [0.2, 0.25) is 0 Å². The smallest absolute Gasteiger partial charge is 0.178 e. The molecule has 0 aromatic carbocycles. The maximum absolute atomic E-state index is 10.1. The Bertz CT molecular complexity index is 334. The van der Waals surface area contributed by atoms with E-state index in [1.807, 2.05) is 0 Å². The fourth-order valence-corrected chi connectivity index (χ4v) is 2.38. The van der Waals surface area contributed by atoms with Crippen LogP contribution in [0.25, 0.3) is 0 Å². The molecule has 0 aromatic heterocycles. The molecule has 1 fully saturated rings. The molecule has 1 saturated heterocycles. The van der Waals surface area contributed by atoms with Crippen molar-refractivity contribution in [3.8, 4) is 0 Å². The van der Waals surface area contributed by atoms with Crippen LogP contribution in [0.15, 0.2) is 0 Å². The lowest BCUT2D eigenvalue weighted by molar-refractivity contribution is -0.269. The maximum atomic E-state index is 10.1. The first kappa shape index (κ1) is 18.5. The number of hydrogen-bond donors (Lipinski definition) is 6. The second-order valence-corrected chi connectivity index (χ2v) is 5.54. The number of aliphatic hydroxyl groups excluding tert-OH is 4. The molecule has 1 unspecified atom stereocenters. The van der Waals surface area contributed by atoms with Gasteiger partial charge >= 0.3 is 0 Å². The summed E-state index contributed by atoms with van der Waals surface area (Å²) in [6.07, 6.45) is -3.32. The number of aliphatic hydroxyl groups is 4. The van der Waals surface area contributed by atoms with Crippen LogP contribution in [0.3, 0.4) is 0 Å². The van der Waals surface area contributed by atoms with Crippen LogP contribution in [0, 0.1) is 0 Å². The van der Waals surface area contributed by atoms with Crippen molar-refractivity contribution in [1.82, 2.24) is 10.4 Å². The molecule has 5 atom stereocenters. The summed E-state index contributed by atoms with van der Waals surface area (Å²) < 4.78 is 5.46. The zero-order valence-corrected chi connectivity index (χ0v) is 12.9. The number of nitrogens with zero attached hydrogens (tertiary/aromatic N) is 1. The first-order valence-corrected chi connectivity index (χ1v) is 7.46. The molecular formula is C12H25N3O5S. The fourth-order valence-electron chi connectivity index (χ4n) is 2.26. The second-order valence-electron chi connectivity index (χ2n) is 5.10. The lowest BCUT2D eigenvalue weighted by atomic mass is 9.98. The molecule has 8 nitrogen and oxygen atoms in total. The Hall–Kier alpha value is -0.550. The monoisotopic (exact) mass is 323 g/mol. The first-order chi connectivity index (χ1) is 9.92. The Balaban J connectivity index is 2.79. The van der Waals surface area contributed by atoms with E-state index < -0.39 is 37.3 Å². The van der Waals surface area contributed by atoms with Crippen molar-refractivity contribution in [1.29, 1.82) is 0 Å². The van der Waals surface area contributed by atoms with Gasteiger partial charge in [-0.3, -0.25) is 5.43 Å². The lowest BCUT2D eigenvalue weighted by Crippen LogP contribution is -2.66. The number of thiocarbonyl (C=S) groups is 1. The highest BCUT2D eigenvalue weighted by Crippen LogP contribution is 2.23. The van der Waals surface area contributed by atoms with Crippen molar-refractivity contribution in [2.24, 2.45) is 5.73 Å². The summed E-state index contributed by atoms with van der Waals surface area (Å²) in [5, 5.41) is 40.3. The third-order valence-electron chi connectivity index (χ3n) is 3.43. The molecule has 9 heteroatoms. The molecule has 0 aromatic rings. The summed E-state index contributed by atoms with van der Waals surface area (Å²) in [4.78, 5) is 0. The van der Waals surface area contributed by atoms with Crippen LogP contribution in [-0.4, -0.2) is 74.3 Å². The normalized spacial score (nSPS) is 33.1. The molecule has 1 aliphatic heterocycles. The number of rotatable bonds is 7.